The van der Waals surface area contributed by atoms with Gasteiger partial charge in [-0.2, -0.15) is 0 Å². The zero-order valence-corrected chi connectivity index (χ0v) is 31.9. The molecule has 8 aromatic carbocycles. The van der Waals surface area contributed by atoms with E-state index >= 15 is 0 Å². The number of para-hydroxylation sites is 3. The van der Waals surface area contributed by atoms with Gasteiger partial charge in [-0.15, -0.1) is 0 Å². The van der Waals surface area contributed by atoms with Crippen molar-refractivity contribution in [2.24, 2.45) is 0 Å². The van der Waals surface area contributed by atoms with Crippen molar-refractivity contribution in [3.05, 3.63) is 193 Å². The van der Waals surface area contributed by atoms with E-state index in [1.165, 1.54) is 49.9 Å². The molecule has 4 heterocycles. The lowest BCUT2D eigenvalue weighted by atomic mass is 9.90. The Bertz CT molecular complexity index is 3660. The van der Waals surface area contributed by atoms with Crippen molar-refractivity contribution < 1.29 is 4.42 Å². The molecule has 0 amide bonds. The lowest BCUT2D eigenvalue weighted by Gasteiger charge is -2.20. The fourth-order valence-corrected chi connectivity index (χ4v) is 9.85. The molecule has 0 atom stereocenters. The van der Waals surface area contributed by atoms with Gasteiger partial charge in [-0.3, -0.25) is 0 Å². The maximum atomic E-state index is 6.87. The second-order valence-corrected chi connectivity index (χ2v) is 15.6. The Morgan fingerprint density at radius 3 is 1.98 bits per heavy atom. The minimum atomic E-state index is 0.712. The van der Waals surface area contributed by atoms with Crippen LogP contribution in [0.1, 0.15) is 11.4 Å². The molecule has 13 rings (SSSR count). The zero-order valence-electron chi connectivity index (χ0n) is 31.9. The first kappa shape index (κ1) is 32.3. The van der Waals surface area contributed by atoms with Crippen LogP contribution in [0, 0.1) is 0 Å². The Balaban J connectivity index is 1.05. The van der Waals surface area contributed by atoms with Crippen molar-refractivity contribution >= 4 is 65.4 Å². The molecule has 0 aliphatic heterocycles. The van der Waals surface area contributed by atoms with Crippen LogP contribution in [0.5, 0.6) is 0 Å². The first-order chi connectivity index (χ1) is 29.3. The molecule has 1 aliphatic rings. The molecular weight excluding hydrogens is 721 g/mol. The Hall–Kier alpha value is -7.76. The normalized spacial score (nSPS) is 12.6. The Morgan fingerprint density at radius 2 is 1.12 bits per heavy atom. The summed E-state index contributed by atoms with van der Waals surface area (Å²) in [5.74, 6) is 0.712. The third-order valence-corrected chi connectivity index (χ3v) is 12.4. The predicted octanol–water partition coefficient (Wildman–Crippen LogP) is 13.7. The fourth-order valence-electron chi connectivity index (χ4n) is 9.85. The summed E-state index contributed by atoms with van der Waals surface area (Å²) in [6.45, 7) is 0. The lowest BCUT2D eigenvalue weighted by Crippen LogP contribution is -2.11. The van der Waals surface area contributed by atoms with Crippen LogP contribution in [-0.2, 0) is 12.8 Å². The molecule has 5 heteroatoms. The van der Waals surface area contributed by atoms with E-state index < -0.39 is 0 Å². The SMILES string of the molecule is c1ccc(-c2nc(-c3ccc(-n4c5c(c6c7oc8ccccc8c7ccc64)-c4c(n(-c6ccc7ccccc7c6)c6ccccc46)CC5)cc3)nc3ccccc23)cc1. The molecule has 1 aliphatic carbocycles. The van der Waals surface area contributed by atoms with E-state index in [1.807, 2.05) is 12.1 Å². The fraction of sp³-hybridized carbons (Fsp3) is 0.0370. The molecule has 0 saturated carbocycles. The Labute approximate surface area is 339 Å². The number of benzene rings is 8. The monoisotopic (exact) mass is 754 g/mol. The summed E-state index contributed by atoms with van der Waals surface area (Å²) in [5, 5.41) is 8.21. The molecule has 0 spiro atoms. The molecular formula is C54H34N4O. The average molecular weight is 755 g/mol. The van der Waals surface area contributed by atoms with Crippen LogP contribution in [0.25, 0.3) is 111 Å². The second kappa shape index (κ2) is 12.4. The van der Waals surface area contributed by atoms with Crippen LogP contribution in [0.2, 0.25) is 0 Å². The largest absolute Gasteiger partial charge is 0.455 e. The summed E-state index contributed by atoms with van der Waals surface area (Å²) in [5.41, 5.74) is 15.6. The van der Waals surface area contributed by atoms with Crippen molar-refractivity contribution in [1.29, 1.82) is 0 Å². The molecule has 0 saturated heterocycles. The van der Waals surface area contributed by atoms with Crippen LogP contribution in [0.15, 0.2) is 186 Å². The highest BCUT2D eigenvalue weighted by atomic mass is 16.3. The maximum absolute atomic E-state index is 6.87. The van der Waals surface area contributed by atoms with Crippen LogP contribution >= 0.6 is 0 Å². The minimum absolute atomic E-state index is 0.712. The van der Waals surface area contributed by atoms with E-state index in [-0.39, 0.29) is 0 Å². The van der Waals surface area contributed by atoms with E-state index in [0.717, 1.165) is 79.1 Å². The van der Waals surface area contributed by atoms with Gasteiger partial charge in [0.1, 0.15) is 11.2 Å². The molecule has 0 radical (unpaired) electrons. The van der Waals surface area contributed by atoms with Crippen molar-refractivity contribution in [1.82, 2.24) is 19.1 Å². The second-order valence-electron chi connectivity index (χ2n) is 15.6. The van der Waals surface area contributed by atoms with Crippen LogP contribution < -0.4 is 0 Å². The van der Waals surface area contributed by atoms with Gasteiger partial charge in [-0.05, 0) is 90.3 Å². The number of rotatable bonds is 4. The molecule has 4 aromatic heterocycles. The Morgan fingerprint density at radius 1 is 0.441 bits per heavy atom. The van der Waals surface area contributed by atoms with Crippen molar-refractivity contribution in [2.75, 3.05) is 0 Å². The zero-order chi connectivity index (χ0) is 38.6. The van der Waals surface area contributed by atoms with Gasteiger partial charge in [0.15, 0.2) is 5.82 Å². The molecule has 59 heavy (non-hydrogen) atoms. The van der Waals surface area contributed by atoms with Gasteiger partial charge < -0.3 is 13.6 Å². The van der Waals surface area contributed by atoms with Crippen LogP contribution in [0.3, 0.4) is 0 Å². The van der Waals surface area contributed by atoms with Gasteiger partial charge in [-0.1, -0.05) is 115 Å². The highest BCUT2D eigenvalue weighted by Gasteiger charge is 2.32. The molecule has 0 bridgehead atoms. The number of aromatic nitrogens is 4. The first-order valence-corrected chi connectivity index (χ1v) is 20.3. The number of hydrogen-bond donors (Lipinski definition) is 0. The summed E-state index contributed by atoms with van der Waals surface area (Å²) in [7, 11) is 0. The minimum Gasteiger partial charge on any atom is -0.455 e. The summed E-state index contributed by atoms with van der Waals surface area (Å²) < 4.78 is 11.8. The van der Waals surface area contributed by atoms with E-state index in [0.29, 0.717) is 5.82 Å². The van der Waals surface area contributed by atoms with Crippen molar-refractivity contribution in [3.8, 4) is 45.1 Å². The van der Waals surface area contributed by atoms with E-state index in [9.17, 15) is 0 Å². The highest BCUT2D eigenvalue weighted by Crippen LogP contribution is 2.50. The van der Waals surface area contributed by atoms with Crippen LogP contribution in [-0.4, -0.2) is 19.1 Å². The maximum Gasteiger partial charge on any atom is 0.160 e. The van der Waals surface area contributed by atoms with Crippen molar-refractivity contribution in [3.63, 3.8) is 0 Å². The number of fused-ring (bicyclic) bond motifs is 13. The van der Waals surface area contributed by atoms with Gasteiger partial charge in [0.2, 0.25) is 0 Å². The number of hydrogen-bond acceptors (Lipinski definition) is 3. The molecule has 0 N–H and O–H groups in total. The standard InChI is InChI=1S/C54H34N4O/c1-2-13-34(14-3-1)52-41-17-6-9-19-43(41)55-54(56-52)35-23-25-37(26-24-35)57-46-31-30-45-49(50(46)51-47(57)29-28-40-39-16-8-11-21-48(39)59-53(40)51)42-18-7-10-20-44(42)58(45)38-27-22-33-12-4-5-15-36(33)32-38/h1-29,32H,30-31H2. The van der Waals surface area contributed by atoms with Crippen LogP contribution in [0.4, 0.5) is 0 Å². The van der Waals surface area contributed by atoms with E-state index in [2.05, 4.69) is 179 Å². The summed E-state index contributed by atoms with van der Waals surface area (Å²) in [6.07, 6.45) is 1.77. The Kier molecular flexibility index (Phi) is 6.78. The molecule has 5 nitrogen and oxygen atoms in total. The van der Waals surface area contributed by atoms with Gasteiger partial charge >= 0.3 is 0 Å². The number of furan rings is 1. The third kappa shape index (κ3) is 4.73. The quantitative estimate of drug-likeness (QED) is 0.180. The summed E-state index contributed by atoms with van der Waals surface area (Å²) in [4.78, 5) is 10.2. The molecule has 0 fully saturated rings. The van der Waals surface area contributed by atoms with Gasteiger partial charge in [0.25, 0.3) is 0 Å². The van der Waals surface area contributed by atoms with Gasteiger partial charge in [0.05, 0.1) is 27.6 Å². The highest BCUT2D eigenvalue weighted by molar-refractivity contribution is 6.22. The smallest absolute Gasteiger partial charge is 0.160 e. The van der Waals surface area contributed by atoms with Gasteiger partial charge in [0, 0.05) is 66.6 Å². The third-order valence-electron chi connectivity index (χ3n) is 12.4. The molecule has 276 valence electrons. The predicted molar refractivity (Wildman–Crippen MR) is 242 cm³/mol. The van der Waals surface area contributed by atoms with Crippen molar-refractivity contribution in [2.45, 2.75) is 12.8 Å². The summed E-state index contributed by atoms with van der Waals surface area (Å²) in [6, 6.07) is 64.8. The average Bonchev–Trinajstić information content (AvgIpc) is 3.96. The molecule has 12 aromatic rings. The first-order valence-electron chi connectivity index (χ1n) is 20.3. The van der Waals surface area contributed by atoms with Gasteiger partial charge in [-0.25, -0.2) is 9.97 Å². The number of nitrogens with zero attached hydrogens (tertiary/aromatic N) is 4. The topological polar surface area (TPSA) is 48.8 Å². The summed E-state index contributed by atoms with van der Waals surface area (Å²) >= 11 is 0. The van der Waals surface area contributed by atoms with E-state index in [4.69, 9.17) is 14.4 Å². The molecule has 0 unspecified atom stereocenters. The van der Waals surface area contributed by atoms with E-state index in [1.54, 1.807) is 0 Å². The lowest BCUT2D eigenvalue weighted by molar-refractivity contribution is 0.673.